The van der Waals surface area contributed by atoms with Crippen LogP contribution >= 0.6 is 11.3 Å². The molecule has 0 aliphatic carbocycles. The quantitative estimate of drug-likeness (QED) is 0.418. The Morgan fingerprint density at radius 1 is 1.00 bits per heavy atom. The van der Waals surface area contributed by atoms with E-state index in [2.05, 4.69) is 4.99 Å². The number of hydrogen-bond acceptors (Lipinski definition) is 9. The Kier molecular flexibility index (Phi) is 7.68. The molecule has 1 atom stereocenters. The first-order valence-electron chi connectivity index (χ1n) is 11.5. The number of allylic oxidation sites excluding steroid dienone is 1. The van der Waals surface area contributed by atoms with Crippen molar-refractivity contribution < 1.29 is 28.5 Å². The van der Waals surface area contributed by atoms with Crippen molar-refractivity contribution in [2.24, 2.45) is 4.99 Å². The van der Waals surface area contributed by atoms with E-state index in [-0.39, 0.29) is 17.7 Å². The van der Waals surface area contributed by atoms with Crippen molar-refractivity contribution in [2.45, 2.75) is 19.9 Å². The highest BCUT2D eigenvalue weighted by molar-refractivity contribution is 7.07. The largest absolute Gasteiger partial charge is 0.497 e. The summed E-state index contributed by atoms with van der Waals surface area (Å²) in [6.07, 6.45) is 1.74. The molecule has 37 heavy (non-hydrogen) atoms. The van der Waals surface area contributed by atoms with E-state index >= 15 is 0 Å². The van der Waals surface area contributed by atoms with Gasteiger partial charge >= 0.3 is 5.97 Å². The van der Waals surface area contributed by atoms with Crippen molar-refractivity contribution in [1.29, 1.82) is 0 Å². The van der Waals surface area contributed by atoms with Crippen LogP contribution in [0.15, 0.2) is 57.5 Å². The van der Waals surface area contributed by atoms with Gasteiger partial charge in [-0.15, -0.1) is 0 Å². The molecule has 0 spiro atoms. The Morgan fingerprint density at radius 3 is 2.35 bits per heavy atom. The van der Waals surface area contributed by atoms with Gasteiger partial charge in [0.05, 0.1) is 56.9 Å². The minimum absolute atomic E-state index is 0.189. The number of esters is 1. The fourth-order valence-electron chi connectivity index (χ4n) is 4.22. The fraction of sp³-hybridized carbons (Fsp3) is 0.296. The average Bonchev–Trinajstić information content (AvgIpc) is 3.21. The molecule has 0 radical (unpaired) electrons. The molecule has 2 heterocycles. The van der Waals surface area contributed by atoms with Gasteiger partial charge < -0.3 is 23.7 Å². The second kappa shape index (κ2) is 10.9. The van der Waals surface area contributed by atoms with Crippen molar-refractivity contribution in [3.05, 3.63) is 78.5 Å². The lowest BCUT2D eigenvalue weighted by Crippen LogP contribution is -2.40. The van der Waals surface area contributed by atoms with E-state index in [1.807, 2.05) is 0 Å². The molecule has 0 N–H and O–H groups in total. The number of benzene rings is 2. The van der Waals surface area contributed by atoms with Gasteiger partial charge in [0.25, 0.3) is 5.56 Å². The number of aromatic nitrogens is 1. The molecule has 2 aromatic carbocycles. The van der Waals surface area contributed by atoms with Crippen LogP contribution in [0.5, 0.6) is 23.0 Å². The summed E-state index contributed by atoms with van der Waals surface area (Å²) in [4.78, 5) is 32.0. The van der Waals surface area contributed by atoms with E-state index in [1.54, 1.807) is 77.7 Å². The Labute approximate surface area is 217 Å². The second-order valence-corrected chi connectivity index (χ2v) is 9.03. The Morgan fingerprint density at radius 2 is 1.70 bits per heavy atom. The van der Waals surface area contributed by atoms with Crippen LogP contribution in [-0.2, 0) is 9.53 Å². The monoisotopic (exact) mass is 524 g/mol. The molecule has 10 heteroatoms. The number of carbonyl (C=O) groups excluding carboxylic acids is 1. The van der Waals surface area contributed by atoms with E-state index < -0.39 is 12.0 Å². The number of hydrogen-bond donors (Lipinski definition) is 0. The van der Waals surface area contributed by atoms with Crippen molar-refractivity contribution in [1.82, 2.24) is 4.57 Å². The van der Waals surface area contributed by atoms with Gasteiger partial charge in [-0.1, -0.05) is 17.4 Å². The van der Waals surface area contributed by atoms with Crippen LogP contribution in [0.4, 0.5) is 0 Å². The van der Waals surface area contributed by atoms with Gasteiger partial charge in [-0.2, -0.15) is 0 Å². The van der Waals surface area contributed by atoms with Crippen molar-refractivity contribution in [3.8, 4) is 23.0 Å². The first-order valence-corrected chi connectivity index (χ1v) is 12.3. The number of nitrogens with zero attached hydrogens (tertiary/aromatic N) is 2. The maximum absolute atomic E-state index is 13.8. The van der Waals surface area contributed by atoms with E-state index in [0.717, 1.165) is 0 Å². The maximum Gasteiger partial charge on any atom is 0.338 e. The van der Waals surface area contributed by atoms with E-state index in [0.29, 0.717) is 49.2 Å². The number of carbonyl (C=O) groups is 1. The van der Waals surface area contributed by atoms with Gasteiger partial charge in [0.1, 0.15) is 11.5 Å². The van der Waals surface area contributed by atoms with Gasteiger partial charge in [0.15, 0.2) is 16.3 Å². The molecule has 1 aromatic heterocycles. The predicted molar refractivity (Wildman–Crippen MR) is 139 cm³/mol. The zero-order chi connectivity index (χ0) is 26.7. The minimum Gasteiger partial charge on any atom is -0.497 e. The number of methoxy groups -OCH3 is 4. The summed E-state index contributed by atoms with van der Waals surface area (Å²) in [6.45, 7) is 3.66. The summed E-state index contributed by atoms with van der Waals surface area (Å²) in [5, 5.41) is 0. The van der Waals surface area contributed by atoms with Crippen molar-refractivity contribution in [3.63, 3.8) is 0 Å². The summed E-state index contributed by atoms with van der Waals surface area (Å²) >= 11 is 1.23. The summed E-state index contributed by atoms with van der Waals surface area (Å²) in [7, 11) is 6.21. The van der Waals surface area contributed by atoms with Crippen LogP contribution in [0.1, 0.15) is 31.0 Å². The molecule has 3 aromatic rings. The molecule has 0 unspecified atom stereocenters. The maximum atomic E-state index is 13.8. The molecule has 0 bridgehead atoms. The third-order valence-corrected chi connectivity index (χ3v) is 6.95. The standard InChI is InChI=1S/C27H28N2O7S/c1-7-36-26(31)23-15(2)28-27-29(24(23)16-8-10-20(34-5)21(13-16)35-6)25(30)22(37-27)14-17-12-18(32-3)9-11-19(17)33-4/h8-14,24H,7H2,1-6H3/b22-14-/t24-/m1/s1. The molecular weight excluding hydrogens is 496 g/mol. The predicted octanol–water partition coefficient (Wildman–Crippen LogP) is 2.83. The molecule has 0 amide bonds. The zero-order valence-electron chi connectivity index (χ0n) is 21.5. The molecule has 9 nitrogen and oxygen atoms in total. The van der Waals surface area contributed by atoms with Crippen molar-refractivity contribution in [2.75, 3.05) is 35.0 Å². The molecule has 1 aliphatic heterocycles. The lowest BCUT2D eigenvalue weighted by Gasteiger charge is -2.25. The Balaban J connectivity index is 1.98. The zero-order valence-corrected chi connectivity index (χ0v) is 22.3. The fourth-order valence-corrected chi connectivity index (χ4v) is 5.26. The summed E-state index contributed by atoms with van der Waals surface area (Å²) in [5.41, 5.74) is 1.79. The van der Waals surface area contributed by atoms with Gasteiger partial charge in [-0.25, -0.2) is 9.79 Å². The van der Waals surface area contributed by atoms with Crippen LogP contribution in [0.3, 0.4) is 0 Å². The smallest absolute Gasteiger partial charge is 0.338 e. The van der Waals surface area contributed by atoms with Crippen LogP contribution in [-0.4, -0.2) is 45.6 Å². The molecule has 1 aliphatic rings. The van der Waals surface area contributed by atoms with Gasteiger partial charge in [-0.3, -0.25) is 9.36 Å². The Hall–Kier alpha value is -4.05. The molecule has 4 rings (SSSR count). The highest BCUT2D eigenvalue weighted by atomic mass is 32.1. The lowest BCUT2D eigenvalue weighted by molar-refractivity contribution is -0.139. The SMILES string of the molecule is CCOC(=O)C1=C(C)N=c2s/c(=C\c3cc(OC)ccc3OC)c(=O)n2[C@@H]1c1ccc(OC)c(OC)c1. The van der Waals surface area contributed by atoms with E-state index in [4.69, 9.17) is 23.7 Å². The van der Waals surface area contributed by atoms with Crippen LogP contribution < -0.4 is 33.8 Å². The lowest BCUT2D eigenvalue weighted by atomic mass is 9.95. The number of ether oxygens (including phenoxy) is 5. The molecule has 0 saturated heterocycles. The molecular formula is C27H28N2O7S. The highest BCUT2D eigenvalue weighted by Crippen LogP contribution is 2.36. The first kappa shape index (κ1) is 26.0. The number of fused-ring (bicyclic) bond motifs is 1. The minimum atomic E-state index is -0.774. The summed E-state index contributed by atoms with van der Waals surface area (Å²) in [5.74, 6) is 1.69. The summed E-state index contributed by atoms with van der Waals surface area (Å²) < 4.78 is 29.0. The van der Waals surface area contributed by atoms with Gasteiger partial charge in [-0.05, 0) is 55.8 Å². The van der Waals surface area contributed by atoms with Crippen LogP contribution in [0.2, 0.25) is 0 Å². The van der Waals surface area contributed by atoms with E-state index in [1.165, 1.54) is 23.0 Å². The van der Waals surface area contributed by atoms with Crippen molar-refractivity contribution >= 4 is 23.4 Å². The van der Waals surface area contributed by atoms with Gasteiger partial charge in [0.2, 0.25) is 0 Å². The third kappa shape index (κ3) is 4.84. The Bertz CT molecular complexity index is 1550. The topological polar surface area (TPSA) is 97.6 Å². The van der Waals surface area contributed by atoms with Crippen LogP contribution in [0, 0.1) is 0 Å². The van der Waals surface area contributed by atoms with Gasteiger partial charge in [0, 0.05) is 5.56 Å². The summed E-state index contributed by atoms with van der Waals surface area (Å²) in [6, 6.07) is 9.86. The first-order chi connectivity index (χ1) is 17.9. The van der Waals surface area contributed by atoms with Crippen LogP contribution in [0.25, 0.3) is 6.08 Å². The molecule has 0 fully saturated rings. The second-order valence-electron chi connectivity index (χ2n) is 8.02. The molecule has 194 valence electrons. The molecule has 0 saturated carbocycles. The highest BCUT2D eigenvalue weighted by Gasteiger charge is 2.34. The normalized spacial score (nSPS) is 15.1. The number of thiazole rings is 1. The number of rotatable bonds is 8. The third-order valence-electron chi connectivity index (χ3n) is 5.96. The average molecular weight is 525 g/mol. The van der Waals surface area contributed by atoms with E-state index in [9.17, 15) is 9.59 Å².